The molecule has 2 heteroatoms. The van der Waals surface area contributed by atoms with Crippen LogP contribution >= 0.6 is 0 Å². The van der Waals surface area contributed by atoms with Gasteiger partial charge in [-0.25, -0.2) is 0 Å². The van der Waals surface area contributed by atoms with Crippen molar-refractivity contribution in [2.45, 2.75) is 6.04 Å². The number of para-hydroxylation sites is 1. The summed E-state index contributed by atoms with van der Waals surface area (Å²) in [5, 5.41) is 1.08. The van der Waals surface area contributed by atoms with Gasteiger partial charge in [0, 0.05) is 5.39 Å². The van der Waals surface area contributed by atoms with E-state index in [0.29, 0.717) is 0 Å². The van der Waals surface area contributed by atoms with Crippen molar-refractivity contribution in [3.63, 3.8) is 0 Å². The van der Waals surface area contributed by atoms with Crippen molar-refractivity contribution in [1.29, 1.82) is 0 Å². The molecule has 2 rings (SSSR count). The Morgan fingerprint density at radius 2 is 2.15 bits per heavy atom. The lowest BCUT2D eigenvalue weighted by molar-refractivity contribution is 0.530. The molecule has 0 aliphatic carbocycles. The lowest BCUT2D eigenvalue weighted by Crippen LogP contribution is -2.04. The van der Waals surface area contributed by atoms with Gasteiger partial charge in [-0.05, 0) is 12.1 Å². The average molecular weight is 173 g/mol. The van der Waals surface area contributed by atoms with Crippen LogP contribution < -0.4 is 5.73 Å². The topological polar surface area (TPSA) is 39.2 Å². The van der Waals surface area contributed by atoms with Crippen LogP contribution in [0.2, 0.25) is 0 Å². The molecule has 0 amide bonds. The van der Waals surface area contributed by atoms with E-state index in [9.17, 15) is 0 Å². The summed E-state index contributed by atoms with van der Waals surface area (Å²) in [4.78, 5) is 0. The van der Waals surface area contributed by atoms with Gasteiger partial charge in [-0.2, -0.15) is 0 Å². The van der Waals surface area contributed by atoms with Gasteiger partial charge in [0.25, 0.3) is 0 Å². The van der Waals surface area contributed by atoms with E-state index in [4.69, 9.17) is 10.2 Å². The number of furan rings is 1. The minimum absolute atomic E-state index is 0.215. The number of fused-ring (bicyclic) bond motifs is 1. The highest BCUT2D eigenvalue weighted by Crippen LogP contribution is 2.22. The fraction of sp³-hybridized carbons (Fsp3) is 0.0909. The number of benzene rings is 1. The van der Waals surface area contributed by atoms with Crippen LogP contribution in [0.25, 0.3) is 11.0 Å². The third-order valence-corrected chi connectivity index (χ3v) is 2.03. The Kier molecular flexibility index (Phi) is 1.91. The maximum atomic E-state index is 5.75. The molecule has 0 saturated carbocycles. The SMILES string of the molecule is C=CC(N)c1cc2ccccc2o1. The van der Waals surface area contributed by atoms with Crippen molar-refractivity contribution in [3.8, 4) is 0 Å². The minimum atomic E-state index is -0.215. The van der Waals surface area contributed by atoms with Crippen LogP contribution in [0.5, 0.6) is 0 Å². The van der Waals surface area contributed by atoms with Gasteiger partial charge in [0.1, 0.15) is 11.3 Å². The van der Waals surface area contributed by atoms with Gasteiger partial charge in [-0.3, -0.25) is 0 Å². The van der Waals surface area contributed by atoms with E-state index in [1.54, 1.807) is 6.08 Å². The lowest BCUT2D eigenvalue weighted by Gasteiger charge is -1.98. The third-order valence-electron chi connectivity index (χ3n) is 2.03. The first-order valence-electron chi connectivity index (χ1n) is 4.18. The van der Waals surface area contributed by atoms with Gasteiger partial charge in [-0.15, -0.1) is 6.58 Å². The van der Waals surface area contributed by atoms with E-state index in [-0.39, 0.29) is 6.04 Å². The zero-order valence-corrected chi connectivity index (χ0v) is 7.23. The standard InChI is InChI=1S/C11H11NO/c1-2-9(12)11-7-8-5-3-4-6-10(8)13-11/h2-7,9H,1,12H2. The Balaban J connectivity index is 2.55. The highest BCUT2D eigenvalue weighted by atomic mass is 16.3. The lowest BCUT2D eigenvalue weighted by atomic mass is 10.2. The van der Waals surface area contributed by atoms with Crippen LogP contribution in [0.15, 0.2) is 47.4 Å². The normalized spacial score (nSPS) is 13.0. The predicted octanol–water partition coefficient (Wildman–Crippen LogP) is 2.62. The Morgan fingerprint density at radius 1 is 1.38 bits per heavy atom. The van der Waals surface area contributed by atoms with E-state index >= 15 is 0 Å². The Labute approximate surface area is 76.7 Å². The number of hydrogen-bond acceptors (Lipinski definition) is 2. The predicted molar refractivity (Wildman–Crippen MR) is 53.3 cm³/mol. The molecular weight excluding hydrogens is 162 g/mol. The highest BCUT2D eigenvalue weighted by molar-refractivity contribution is 5.77. The molecule has 66 valence electrons. The Bertz CT molecular complexity index is 397. The molecule has 0 radical (unpaired) electrons. The van der Waals surface area contributed by atoms with Crippen molar-refractivity contribution in [2.75, 3.05) is 0 Å². The van der Waals surface area contributed by atoms with E-state index in [1.165, 1.54) is 0 Å². The maximum Gasteiger partial charge on any atom is 0.134 e. The van der Waals surface area contributed by atoms with Crippen LogP contribution in [0.1, 0.15) is 11.8 Å². The zero-order chi connectivity index (χ0) is 9.26. The molecule has 2 nitrogen and oxygen atoms in total. The third kappa shape index (κ3) is 1.36. The van der Waals surface area contributed by atoms with Crippen molar-refractivity contribution in [3.05, 3.63) is 48.7 Å². The fourth-order valence-corrected chi connectivity index (χ4v) is 1.28. The second-order valence-electron chi connectivity index (χ2n) is 2.95. The average Bonchev–Trinajstić information content (AvgIpc) is 2.59. The molecule has 1 heterocycles. The summed E-state index contributed by atoms with van der Waals surface area (Å²) in [6, 6.07) is 9.57. The van der Waals surface area contributed by atoms with Crippen LogP contribution in [-0.2, 0) is 0 Å². The molecule has 0 saturated heterocycles. The first-order chi connectivity index (χ1) is 6.31. The monoisotopic (exact) mass is 173 g/mol. The van der Waals surface area contributed by atoms with Crippen molar-refractivity contribution in [2.24, 2.45) is 5.73 Å². The van der Waals surface area contributed by atoms with Crippen LogP contribution in [0.4, 0.5) is 0 Å². The number of rotatable bonds is 2. The molecule has 0 fully saturated rings. The Morgan fingerprint density at radius 3 is 2.85 bits per heavy atom. The van der Waals surface area contributed by atoms with Gasteiger partial charge < -0.3 is 10.2 Å². The van der Waals surface area contributed by atoms with Gasteiger partial charge in [-0.1, -0.05) is 24.3 Å². The second-order valence-corrected chi connectivity index (χ2v) is 2.95. The molecule has 2 aromatic rings. The van der Waals surface area contributed by atoms with Crippen molar-refractivity contribution < 1.29 is 4.42 Å². The summed E-state index contributed by atoms with van der Waals surface area (Å²) in [7, 11) is 0. The summed E-state index contributed by atoms with van der Waals surface area (Å²) < 4.78 is 5.52. The van der Waals surface area contributed by atoms with Gasteiger partial charge in [0.05, 0.1) is 6.04 Å². The summed E-state index contributed by atoms with van der Waals surface area (Å²) in [5.41, 5.74) is 6.62. The second kappa shape index (κ2) is 3.07. The van der Waals surface area contributed by atoms with E-state index in [1.807, 2.05) is 30.3 Å². The fourth-order valence-electron chi connectivity index (χ4n) is 1.28. The molecule has 1 unspecified atom stereocenters. The van der Waals surface area contributed by atoms with Gasteiger partial charge in [0.15, 0.2) is 0 Å². The van der Waals surface area contributed by atoms with Crippen LogP contribution in [-0.4, -0.2) is 0 Å². The molecule has 0 bridgehead atoms. The molecule has 1 aromatic heterocycles. The number of nitrogens with two attached hydrogens (primary N) is 1. The summed E-state index contributed by atoms with van der Waals surface area (Å²) in [6.45, 7) is 3.62. The molecule has 0 aliphatic rings. The van der Waals surface area contributed by atoms with E-state index < -0.39 is 0 Å². The molecular formula is C11H11NO. The zero-order valence-electron chi connectivity index (χ0n) is 7.23. The maximum absolute atomic E-state index is 5.75. The molecule has 2 N–H and O–H groups in total. The van der Waals surface area contributed by atoms with Crippen LogP contribution in [0.3, 0.4) is 0 Å². The van der Waals surface area contributed by atoms with E-state index in [2.05, 4.69) is 6.58 Å². The quantitative estimate of drug-likeness (QED) is 0.709. The molecule has 1 atom stereocenters. The highest BCUT2D eigenvalue weighted by Gasteiger charge is 2.07. The van der Waals surface area contributed by atoms with Crippen molar-refractivity contribution in [1.82, 2.24) is 0 Å². The first-order valence-corrected chi connectivity index (χ1v) is 4.18. The van der Waals surface area contributed by atoms with Crippen LogP contribution in [0, 0.1) is 0 Å². The largest absolute Gasteiger partial charge is 0.459 e. The molecule has 0 aliphatic heterocycles. The molecule has 0 spiro atoms. The van der Waals surface area contributed by atoms with E-state index in [0.717, 1.165) is 16.7 Å². The minimum Gasteiger partial charge on any atom is -0.459 e. The van der Waals surface area contributed by atoms with Gasteiger partial charge in [0.2, 0.25) is 0 Å². The van der Waals surface area contributed by atoms with Gasteiger partial charge >= 0.3 is 0 Å². The number of hydrogen-bond donors (Lipinski definition) is 1. The summed E-state index contributed by atoms with van der Waals surface area (Å²) in [5.74, 6) is 0.760. The molecule has 13 heavy (non-hydrogen) atoms. The Hall–Kier alpha value is -1.54. The first kappa shape index (κ1) is 8.08. The molecule has 1 aromatic carbocycles. The summed E-state index contributed by atoms with van der Waals surface area (Å²) >= 11 is 0. The summed E-state index contributed by atoms with van der Waals surface area (Å²) in [6.07, 6.45) is 1.66. The smallest absolute Gasteiger partial charge is 0.134 e. The van der Waals surface area contributed by atoms with Crippen molar-refractivity contribution >= 4 is 11.0 Å².